The molecule has 2 rings (SSSR count). The largest absolute Gasteiger partial charge is 0.351 e. The zero-order valence-electron chi connectivity index (χ0n) is 8.37. The molecule has 0 spiro atoms. The number of azo groups is 1. The lowest BCUT2D eigenvalue weighted by Crippen LogP contribution is -2.15. The van der Waals surface area contributed by atoms with Crippen LogP contribution in [-0.4, -0.2) is 19.0 Å². The lowest BCUT2D eigenvalue weighted by Gasteiger charge is -2.00. The minimum atomic E-state index is 0.592. The molecule has 1 aliphatic rings. The van der Waals surface area contributed by atoms with E-state index in [1.807, 2.05) is 25.1 Å². The number of hydrogen-bond acceptors (Lipinski definition) is 4. The monoisotopic (exact) mass is 222 g/mol. The number of rotatable bonds is 1. The van der Waals surface area contributed by atoms with Gasteiger partial charge in [-0.3, -0.25) is 0 Å². The minimum Gasteiger partial charge on any atom is -0.351 e. The first-order valence-electron chi connectivity index (χ1n) is 4.72. The van der Waals surface area contributed by atoms with E-state index < -0.39 is 0 Å². The summed E-state index contributed by atoms with van der Waals surface area (Å²) in [5.41, 5.74) is 1.71. The fraction of sp³-hybridized carbons (Fsp3) is 0.300. The van der Waals surface area contributed by atoms with E-state index in [0.717, 1.165) is 24.3 Å². The SMILES string of the molecule is Cc1c(Cl)cccc1/N=N/C1=NCCN1. The number of nitrogens with zero attached hydrogens (tertiary/aromatic N) is 3. The molecule has 4 nitrogen and oxygen atoms in total. The zero-order chi connectivity index (χ0) is 10.7. The average Bonchev–Trinajstić information content (AvgIpc) is 2.73. The molecule has 1 aromatic carbocycles. The molecule has 1 N–H and O–H groups in total. The number of guanidine groups is 1. The van der Waals surface area contributed by atoms with Gasteiger partial charge in [0.2, 0.25) is 5.96 Å². The summed E-state index contributed by atoms with van der Waals surface area (Å²) in [4.78, 5) is 4.11. The Kier molecular flexibility index (Phi) is 2.97. The maximum Gasteiger partial charge on any atom is 0.238 e. The lowest BCUT2D eigenvalue weighted by molar-refractivity contribution is 0.953. The first-order chi connectivity index (χ1) is 7.27. The van der Waals surface area contributed by atoms with Crippen LogP contribution in [0.25, 0.3) is 0 Å². The molecule has 1 heterocycles. The smallest absolute Gasteiger partial charge is 0.238 e. The Labute approximate surface area is 93.1 Å². The van der Waals surface area contributed by atoms with Crippen LogP contribution in [-0.2, 0) is 0 Å². The molecule has 0 atom stereocenters. The normalized spacial score (nSPS) is 15.5. The second-order valence-corrected chi connectivity index (χ2v) is 3.62. The van der Waals surface area contributed by atoms with Gasteiger partial charge in [0.05, 0.1) is 12.2 Å². The quantitative estimate of drug-likeness (QED) is 0.730. The van der Waals surface area contributed by atoms with Gasteiger partial charge in [-0.25, -0.2) is 4.99 Å². The molecule has 5 heteroatoms. The van der Waals surface area contributed by atoms with Crippen molar-refractivity contribution in [2.45, 2.75) is 6.92 Å². The van der Waals surface area contributed by atoms with Crippen molar-refractivity contribution in [2.24, 2.45) is 15.2 Å². The van der Waals surface area contributed by atoms with E-state index in [9.17, 15) is 0 Å². The van der Waals surface area contributed by atoms with E-state index in [4.69, 9.17) is 11.6 Å². The molecule has 15 heavy (non-hydrogen) atoms. The molecular formula is C10H11ClN4. The summed E-state index contributed by atoms with van der Waals surface area (Å²) in [6.07, 6.45) is 0. The van der Waals surface area contributed by atoms with Gasteiger partial charge >= 0.3 is 0 Å². The number of nitrogens with one attached hydrogen (secondary N) is 1. The van der Waals surface area contributed by atoms with Gasteiger partial charge in [-0.05, 0) is 24.6 Å². The predicted octanol–water partition coefficient (Wildman–Crippen LogP) is 2.69. The minimum absolute atomic E-state index is 0.592. The summed E-state index contributed by atoms with van der Waals surface area (Å²) >= 11 is 5.96. The summed E-state index contributed by atoms with van der Waals surface area (Å²) in [5, 5.41) is 11.8. The molecule has 1 aliphatic heterocycles. The average molecular weight is 223 g/mol. The van der Waals surface area contributed by atoms with Crippen molar-refractivity contribution in [1.29, 1.82) is 0 Å². The van der Waals surface area contributed by atoms with Crippen molar-refractivity contribution >= 4 is 23.2 Å². The van der Waals surface area contributed by atoms with Crippen LogP contribution in [0.5, 0.6) is 0 Å². The van der Waals surface area contributed by atoms with Gasteiger partial charge in [0, 0.05) is 11.6 Å². The van der Waals surface area contributed by atoms with Gasteiger partial charge in [-0.1, -0.05) is 17.7 Å². The summed E-state index contributed by atoms with van der Waals surface area (Å²) < 4.78 is 0. The van der Waals surface area contributed by atoms with Gasteiger partial charge in [-0.15, -0.1) is 10.2 Å². The van der Waals surface area contributed by atoms with Crippen molar-refractivity contribution < 1.29 is 0 Å². The Morgan fingerprint density at radius 2 is 2.27 bits per heavy atom. The second kappa shape index (κ2) is 4.40. The van der Waals surface area contributed by atoms with Crippen LogP contribution in [0.2, 0.25) is 5.02 Å². The highest BCUT2D eigenvalue weighted by Crippen LogP contribution is 2.25. The first kappa shape index (κ1) is 10.1. The lowest BCUT2D eigenvalue weighted by atomic mass is 10.2. The first-order valence-corrected chi connectivity index (χ1v) is 5.10. The van der Waals surface area contributed by atoms with Gasteiger partial charge in [0.1, 0.15) is 0 Å². The molecule has 0 saturated heterocycles. The van der Waals surface area contributed by atoms with Gasteiger partial charge < -0.3 is 5.32 Å². The van der Waals surface area contributed by atoms with Crippen molar-refractivity contribution in [3.8, 4) is 0 Å². The predicted molar refractivity (Wildman–Crippen MR) is 61.0 cm³/mol. The van der Waals surface area contributed by atoms with E-state index in [2.05, 4.69) is 20.5 Å². The van der Waals surface area contributed by atoms with Crippen molar-refractivity contribution in [1.82, 2.24) is 5.32 Å². The van der Waals surface area contributed by atoms with Crippen molar-refractivity contribution in [3.05, 3.63) is 28.8 Å². The van der Waals surface area contributed by atoms with Crippen molar-refractivity contribution in [2.75, 3.05) is 13.1 Å². The van der Waals surface area contributed by atoms with Crippen LogP contribution in [0.4, 0.5) is 5.69 Å². The molecule has 78 valence electrons. The topological polar surface area (TPSA) is 49.1 Å². The highest BCUT2D eigenvalue weighted by Gasteiger charge is 2.04. The highest BCUT2D eigenvalue weighted by atomic mass is 35.5. The van der Waals surface area contributed by atoms with E-state index in [1.54, 1.807) is 0 Å². The fourth-order valence-electron chi connectivity index (χ4n) is 1.26. The molecule has 0 aromatic heterocycles. The van der Waals surface area contributed by atoms with E-state index in [1.165, 1.54) is 0 Å². The number of benzene rings is 1. The molecule has 0 fully saturated rings. The summed E-state index contributed by atoms with van der Waals surface area (Å²) in [5.74, 6) is 0.592. The third kappa shape index (κ3) is 2.33. The third-order valence-electron chi connectivity index (χ3n) is 2.15. The Balaban J connectivity index is 2.20. The Bertz CT molecular complexity index is 425. The summed E-state index contributed by atoms with van der Waals surface area (Å²) in [7, 11) is 0. The van der Waals surface area contributed by atoms with Crippen LogP contribution in [0.1, 0.15) is 5.56 Å². The van der Waals surface area contributed by atoms with E-state index in [-0.39, 0.29) is 0 Å². The van der Waals surface area contributed by atoms with Crippen molar-refractivity contribution in [3.63, 3.8) is 0 Å². The standard InChI is InChI=1S/C10H11ClN4/c1-7-8(11)3-2-4-9(7)14-15-10-12-5-6-13-10/h2-4H,5-6H2,1H3,(H,12,13)/b15-14+. The van der Waals surface area contributed by atoms with Crippen LogP contribution in [0.15, 0.2) is 33.4 Å². The summed E-state index contributed by atoms with van der Waals surface area (Å²) in [6.45, 7) is 3.52. The molecule has 0 saturated carbocycles. The number of halogens is 1. The van der Waals surface area contributed by atoms with E-state index >= 15 is 0 Å². The summed E-state index contributed by atoms with van der Waals surface area (Å²) in [6, 6.07) is 5.56. The van der Waals surface area contributed by atoms with E-state index in [0.29, 0.717) is 11.0 Å². The maximum absolute atomic E-state index is 5.96. The fourth-order valence-corrected chi connectivity index (χ4v) is 1.43. The van der Waals surface area contributed by atoms with Gasteiger partial charge in [0.15, 0.2) is 0 Å². The van der Waals surface area contributed by atoms with Gasteiger partial charge in [0.25, 0.3) is 0 Å². The maximum atomic E-state index is 5.96. The van der Waals surface area contributed by atoms with Gasteiger partial charge in [-0.2, -0.15) is 0 Å². The Morgan fingerprint density at radius 3 is 3.00 bits per heavy atom. The van der Waals surface area contributed by atoms with Crippen LogP contribution < -0.4 is 5.32 Å². The molecule has 0 radical (unpaired) electrons. The zero-order valence-corrected chi connectivity index (χ0v) is 9.12. The van der Waals surface area contributed by atoms with Crippen LogP contribution in [0.3, 0.4) is 0 Å². The van der Waals surface area contributed by atoms with Crippen LogP contribution >= 0.6 is 11.6 Å². The number of hydrogen-bond donors (Lipinski definition) is 1. The molecule has 0 aliphatic carbocycles. The molecule has 0 amide bonds. The molecule has 1 aromatic rings. The third-order valence-corrected chi connectivity index (χ3v) is 2.56. The molecular weight excluding hydrogens is 212 g/mol. The number of aliphatic imine (C=N–C) groups is 1. The second-order valence-electron chi connectivity index (χ2n) is 3.22. The Hall–Kier alpha value is -1.42. The highest BCUT2D eigenvalue weighted by molar-refractivity contribution is 6.31. The molecule has 0 unspecified atom stereocenters. The Morgan fingerprint density at radius 1 is 1.40 bits per heavy atom. The molecule has 0 bridgehead atoms. The van der Waals surface area contributed by atoms with Crippen LogP contribution in [0, 0.1) is 6.92 Å².